The van der Waals surface area contributed by atoms with Crippen molar-refractivity contribution in [3.8, 4) is 0 Å². The molecule has 2 N–H and O–H groups in total. The molecule has 0 bridgehead atoms. The molecule has 5 heteroatoms. The summed E-state index contributed by atoms with van der Waals surface area (Å²) in [6.45, 7) is 3.85. The average molecular weight is 441 g/mol. The quantitative estimate of drug-likeness (QED) is 0.522. The number of carbonyl (C=O) groups excluding carboxylic acids is 1. The van der Waals surface area contributed by atoms with Gasteiger partial charge in [0.2, 0.25) is 5.91 Å². The zero-order chi connectivity index (χ0) is 23.2. The second-order valence-corrected chi connectivity index (χ2v) is 9.17. The number of aromatic carboxylic acids is 1. The SMILES string of the molecule is CC(=O)N1c2ccccc2[C@H](Nc2ccccc2)[C@@H](C)[C@]1(c1ccc(C(=O)O)cc1)C1CC1. The van der Waals surface area contributed by atoms with Crippen LogP contribution in [0.3, 0.4) is 0 Å². The second kappa shape index (κ2) is 8.07. The molecule has 3 atom stereocenters. The van der Waals surface area contributed by atoms with E-state index >= 15 is 0 Å². The van der Waals surface area contributed by atoms with Crippen molar-refractivity contribution in [2.75, 3.05) is 10.2 Å². The van der Waals surface area contributed by atoms with Crippen LogP contribution in [0.15, 0.2) is 78.9 Å². The van der Waals surface area contributed by atoms with E-state index in [1.807, 2.05) is 53.4 Å². The van der Waals surface area contributed by atoms with E-state index in [1.54, 1.807) is 19.1 Å². The highest BCUT2D eigenvalue weighted by atomic mass is 16.4. The lowest BCUT2D eigenvalue weighted by molar-refractivity contribution is -0.119. The number of fused-ring (bicyclic) bond motifs is 1. The summed E-state index contributed by atoms with van der Waals surface area (Å²) in [7, 11) is 0. The molecule has 0 radical (unpaired) electrons. The highest BCUT2D eigenvalue weighted by Gasteiger charge is 2.60. The molecule has 1 fully saturated rings. The van der Waals surface area contributed by atoms with E-state index in [4.69, 9.17) is 0 Å². The van der Waals surface area contributed by atoms with Crippen LogP contribution in [0.5, 0.6) is 0 Å². The number of para-hydroxylation sites is 2. The number of carbonyl (C=O) groups is 2. The van der Waals surface area contributed by atoms with Gasteiger partial charge in [0.15, 0.2) is 0 Å². The van der Waals surface area contributed by atoms with E-state index in [0.717, 1.165) is 35.3 Å². The monoisotopic (exact) mass is 440 g/mol. The molecule has 5 rings (SSSR count). The maximum Gasteiger partial charge on any atom is 0.335 e. The van der Waals surface area contributed by atoms with Crippen LogP contribution in [0.25, 0.3) is 0 Å². The zero-order valence-electron chi connectivity index (χ0n) is 18.9. The Balaban J connectivity index is 1.73. The minimum absolute atomic E-state index is 0.00155. The minimum Gasteiger partial charge on any atom is -0.478 e. The third-order valence-electron chi connectivity index (χ3n) is 7.28. The minimum atomic E-state index is -0.948. The average Bonchev–Trinajstić information content (AvgIpc) is 3.67. The van der Waals surface area contributed by atoms with Crippen LogP contribution >= 0.6 is 0 Å². The summed E-state index contributed by atoms with van der Waals surface area (Å²) >= 11 is 0. The van der Waals surface area contributed by atoms with Gasteiger partial charge in [0.25, 0.3) is 0 Å². The van der Waals surface area contributed by atoms with Crippen LogP contribution in [0.1, 0.15) is 54.2 Å². The topological polar surface area (TPSA) is 69.6 Å². The number of hydrogen-bond acceptors (Lipinski definition) is 3. The zero-order valence-corrected chi connectivity index (χ0v) is 18.9. The van der Waals surface area contributed by atoms with Gasteiger partial charge in [0.05, 0.1) is 17.1 Å². The molecule has 3 aromatic carbocycles. The fourth-order valence-electron chi connectivity index (χ4n) is 5.81. The molecule has 33 heavy (non-hydrogen) atoms. The Hall–Kier alpha value is -3.60. The number of carboxylic acids is 1. The molecular weight excluding hydrogens is 412 g/mol. The van der Waals surface area contributed by atoms with E-state index in [1.165, 1.54) is 0 Å². The van der Waals surface area contributed by atoms with Crippen molar-refractivity contribution >= 4 is 23.3 Å². The Morgan fingerprint density at radius 2 is 1.58 bits per heavy atom. The molecular formula is C28H28N2O3. The van der Waals surface area contributed by atoms with E-state index < -0.39 is 11.5 Å². The highest BCUT2D eigenvalue weighted by molar-refractivity contribution is 5.96. The molecule has 0 saturated heterocycles. The van der Waals surface area contributed by atoms with Gasteiger partial charge >= 0.3 is 5.97 Å². The molecule has 0 spiro atoms. The van der Waals surface area contributed by atoms with Gasteiger partial charge in [-0.15, -0.1) is 0 Å². The molecule has 1 aliphatic heterocycles. The fourth-order valence-corrected chi connectivity index (χ4v) is 5.81. The molecule has 3 aromatic rings. The van der Waals surface area contributed by atoms with Crippen LogP contribution in [0.2, 0.25) is 0 Å². The van der Waals surface area contributed by atoms with E-state index in [0.29, 0.717) is 5.92 Å². The Morgan fingerprint density at radius 1 is 0.939 bits per heavy atom. The first kappa shape index (κ1) is 21.3. The van der Waals surface area contributed by atoms with Gasteiger partial charge in [-0.05, 0) is 60.2 Å². The van der Waals surface area contributed by atoms with Crippen molar-refractivity contribution in [2.24, 2.45) is 11.8 Å². The van der Waals surface area contributed by atoms with Gasteiger partial charge in [-0.1, -0.05) is 55.5 Å². The molecule has 0 unspecified atom stereocenters. The predicted octanol–water partition coefficient (Wildman–Crippen LogP) is 5.85. The van der Waals surface area contributed by atoms with Gasteiger partial charge in [-0.25, -0.2) is 4.79 Å². The van der Waals surface area contributed by atoms with Gasteiger partial charge in [0, 0.05) is 24.2 Å². The standard InChI is InChI=1S/C28H28N2O3/c1-18-26(29-23-8-4-3-5-9-23)24-10-6-7-11-25(24)30(19(2)31)28(18,22-16-17-22)21-14-12-20(13-15-21)27(32)33/h3-15,18,22,26,29H,16-17H2,1-2H3,(H,32,33)/t18-,26-,28+/m1/s1. The lowest BCUT2D eigenvalue weighted by Gasteiger charge is -2.55. The molecule has 168 valence electrons. The summed E-state index contributed by atoms with van der Waals surface area (Å²) in [5.41, 5.74) is 3.73. The number of amides is 1. The Bertz CT molecular complexity index is 1190. The molecule has 1 aliphatic carbocycles. The molecule has 1 amide bonds. The highest BCUT2D eigenvalue weighted by Crippen LogP contribution is 2.61. The van der Waals surface area contributed by atoms with Crippen molar-refractivity contribution in [1.29, 1.82) is 0 Å². The van der Waals surface area contributed by atoms with Gasteiger partial charge in [0.1, 0.15) is 0 Å². The van der Waals surface area contributed by atoms with Crippen LogP contribution in [-0.4, -0.2) is 17.0 Å². The Labute approximate surface area is 194 Å². The Kier molecular flexibility index (Phi) is 5.20. The number of hydrogen-bond donors (Lipinski definition) is 2. The third-order valence-corrected chi connectivity index (χ3v) is 7.28. The van der Waals surface area contributed by atoms with E-state index in [-0.39, 0.29) is 23.4 Å². The first-order chi connectivity index (χ1) is 15.9. The van der Waals surface area contributed by atoms with Gasteiger partial charge < -0.3 is 15.3 Å². The van der Waals surface area contributed by atoms with Crippen LogP contribution in [0, 0.1) is 11.8 Å². The van der Waals surface area contributed by atoms with E-state index in [9.17, 15) is 14.7 Å². The predicted molar refractivity (Wildman–Crippen MR) is 129 cm³/mol. The van der Waals surface area contributed by atoms with Crippen LogP contribution in [-0.2, 0) is 10.3 Å². The van der Waals surface area contributed by atoms with Crippen LogP contribution in [0.4, 0.5) is 11.4 Å². The van der Waals surface area contributed by atoms with Crippen molar-refractivity contribution in [1.82, 2.24) is 0 Å². The molecule has 5 nitrogen and oxygen atoms in total. The third kappa shape index (κ3) is 3.39. The number of nitrogens with zero attached hydrogens (tertiary/aromatic N) is 1. The number of nitrogens with one attached hydrogen (secondary N) is 1. The maximum atomic E-state index is 13.3. The summed E-state index contributed by atoms with van der Waals surface area (Å²) in [5, 5.41) is 13.2. The van der Waals surface area contributed by atoms with Gasteiger partial charge in [-0.3, -0.25) is 4.79 Å². The summed E-state index contributed by atoms with van der Waals surface area (Å²) in [6.07, 6.45) is 2.07. The van der Waals surface area contributed by atoms with Gasteiger partial charge in [-0.2, -0.15) is 0 Å². The normalized spacial score (nSPS) is 24.1. The Morgan fingerprint density at radius 3 is 2.18 bits per heavy atom. The summed E-state index contributed by atoms with van der Waals surface area (Å²) in [4.78, 5) is 26.8. The smallest absolute Gasteiger partial charge is 0.335 e. The van der Waals surface area contributed by atoms with Crippen molar-refractivity contribution in [3.63, 3.8) is 0 Å². The van der Waals surface area contributed by atoms with E-state index in [2.05, 4.69) is 30.4 Å². The first-order valence-corrected chi connectivity index (χ1v) is 11.5. The second-order valence-electron chi connectivity index (χ2n) is 9.17. The number of rotatable bonds is 5. The van der Waals surface area contributed by atoms with Crippen molar-refractivity contribution in [3.05, 3.63) is 95.6 Å². The summed E-state index contributed by atoms with van der Waals surface area (Å²) in [6, 6.07) is 25.4. The number of carboxylic acid groups (broad SMARTS) is 1. The number of benzene rings is 3. The summed E-state index contributed by atoms with van der Waals surface area (Å²) < 4.78 is 0. The fraction of sp³-hybridized carbons (Fsp3) is 0.286. The van der Waals surface area contributed by atoms with Crippen LogP contribution < -0.4 is 10.2 Å². The summed E-state index contributed by atoms with van der Waals surface area (Å²) in [5.74, 6) is -0.599. The largest absolute Gasteiger partial charge is 0.478 e. The first-order valence-electron chi connectivity index (χ1n) is 11.5. The van der Waals surface area contributed by atoms with Crippen molar-refractivity contribution < 1.29 is 14.7 Å². The molecule has 1 saturated carbocycles. The molecule has 1 heterocycles. The number of anilines is 2. The maximum absolute atomic E-state index is 13.3. The lowest BCUT2D eigenvalue weighted by atomic mass is 9.66. The van der Waals surface area contributed by atoms with Crippen molar-refractivity contribution in [2.45, 2.75) is 38.3 Å². The molecule has 0 aromatic heterocycles. The molecule has 2 aliphatic rings. The lowest BCUT2D eigenvalue weighted by Crippen LogP contribution is -2.59.